The Bertz CT molecular complexity index is 756. The lowest BCUT2D eigenvalue weighted by molar-refractivity contribution is -0.159. The molecule has 0 saturated heterocycles. The minimum Gasteiger partial charge on any atom is -0.481 e. The zero-order valence-electron chi connectivity index (χ0n) is 13.1. The third-order valence-corrected chi connectivity index (χ3v) is 3.32. The molecule has 0 unspecified atom stereocenters. The third kappa shape index (κ3) is 4.55. The Morgan fingerprint density at radius 2 is 1.88 bits per heavy atom. The van der Waals surface area contributed by atoms with Crippen molar-refractivity contribution in [3.63, 3.8) is 0 Å². The fourth-order valence-corrected chi connectivity index (χ4v) is 2.03. The Balaban J connectivity index is 2.14. The van der Waals surface area contributed by atoms with E-state index in [1.807, 2.05) is 0 Å². The van der Waals surface area contributed by atoms with Crippen LogP contribution in [0, 0.1) is 0 Å². The number of benzene rings is 1. The molecule has 0 atom stereocenters. The molecule has 0 aliphatic heterocycles. The lowest BCUT2D eigenvalue weighted by Crippen LogP contribution is -2.32. The molecule has 25 heavy (non-hydrogen) atoms. The van der Waals surface area contributed by atoms with Gasteiger partial charge in [-0.25, -0.2) is 0 Å². The van der Waals surface area contributed by atoms with Gasteiger partial charge in [-0.05, 0) is 19.1 Å². The van der Waals surface area contributed by atoms with Crippen molar-refractivity contribution < 1.29 is 32.4 Å². The van der Waals surface area contributed by atoms with Crippen LogP contribution in [0.5, 0.6) is 0 Å². The third-order valence-electron chi connectivity index (χ3n) is 3.32. The summed E-state index contributed by atoms with van der Waals surface area (Å²) in [6, 6.07) is 5.60. The van der Waals surface area contributed by atoms with E-state index in [0.29, 0.717) is 6.54 Å². The minimum atomic E-state index is -4.73. The van der Waals surface area contributed by atoms with Gasteiger partial charge in [-0.2, -0.15) is 18.2 Å². The molecule has 10 heteroatoms. The van der Waals surface area contributed by atoms with E-state index >= 15 is 0 Å². The van der Waals surface area contributed by atoms with Gasteiger partial charge in [0.1, 0.15) is 0 Å². The maximum absolute atomic E-state index is 12.5. The molecule has 0 aliphatic carbocycles. The van der Waals surface area contributed by atoms with Crippen LogP contribution < -0.4 is 0 Å². The Labute approximate surface area is 140 Å². The summed E-state index contributed by atoms with van der Waals surface area (Å²) in [5.74, 6) is -3.09. The fraction of sp³-hybridized carbons (Fsp3) is 0.333. The van der Waals surface area contributed by atoms with Crippen molar-refractivity contribution in [2.24, 2.45) is 0 Å². The second-order valence-electron chi connectivity index (χ2n) is 5.03. The lowest BCUT2D eigenvalue weighted by Gasteiger charge is -2.20. The van der Waals surface area contributed by atoms with Gasteiger partial charge in [-0.15, -0.1) is 0 Å². The zero-order chi connectivity index (χ0) is 18.6. The van der Waals surface area contributed by atoms with E-state index in [1.54, 1.807) is 6.92 Å². The highest BCUT2D eigenvalue weighted by atomic mass is 19.4. The number of carboxylic acid groups (broad SMARTS) is 1. The molecule has 1 amide bonds. The van der Waals surface area contributed by atoms with Crippen LogP contribution >= 0.6 is 0 Å². The first-order chi connectivity index (χ1) is 11.7. The molecular weight excluding hydrogens is 343 g/mol. The van der Waals surface area contributed by atoms with Crippen molar-refractivity contribution in [1.82, 2.24) is 15.0 Å². The zero-order valence-corrected chi connectivity index (χ0v) is 13.1. The number of alkyl halides is 3. The molecule has 0 bridgehead atoms. The molecule has 2 rings (SSSR count). The number of carboxylic acids is 1. The topological polar surface area (TPSA) is 96.5 Å². The molecule has 1 aromatic carbocycles. The van der Waals surface area contributed by atoms with E-state index in [9.17, 15) is 22.8 Å². The van der Waals surface area contributed by atoms with Crippen LogP contribution in [0.4, 0.5) is 13.2 Å². The van der Waals surface area contributed by atoms with E-state index in [2.05, 4.69) is 14.7 Å². The first-order valence-electron chi connectivity index (χ1n) is 7.24. The first kappa shape index (κ1) is 18.4. The summed E-state index contributed by atoms with van der Waals surface area (Å²) in [6.45, 7) is 2.10. The summed E-state index contributed by atoms with van der Waals surface area (Å²) in [5, 5.41) is 12.0. The number of carbonyl (C=O) groups is 2. The van der Waals surface area contributed by atoms with Crippen molar-refractivity contribution >= 4 is 11.9 Å². The van der Waals surface area contributed by atoms with E-state index in [-0.39, 0.29) is 35.8 Å². The van der Waals surface area contributed by atoms with Gasteiger partial charge < -0.3 is 14.5 Å². The molecule has 0 spiro atoms. The average Bonchev–Trinajstić information content (AvgIpc) is 3.05. The van der Waals surface area contributed by atoms with Gasteiger partial charge in [0.15, 0.2) is 0 Å². The molecule has 0 fully saturated rings. The standard InChI is InChI=1S/C15H14F3N3O4/c1-2-21(8-7-11(22)23)13(24)10-5-3-9(4-6-10)12-19-14(25-20-12)15(16,17)18/h3-6H,2,7-8H2,1H3,(H,22,23). The predicted octanol–water partition coefficient (Wildman–Crippen LogP) is 2.69. The predicted molar refractivity (Wildman–Crippen MR) is 78.6 cm³/mol. The van der Waals surface area contributed by atoms with E-state index in [1.165, 1.54) is 29.2 Å². The van der Waals surface area contributed by atoms with Crippen LogP contribution in [-0.4, -0.2) is 45.1 Å². The van der Waals surface area contributed by atoms with Gasteiger partial charge in [0.25, 0.3) is 5.91 Å². The number of aromatic nitrogens is 2. The molecule has 1 heterocycles. The SMILES string of the molecule is CCN(CCC(=O)O)C(=O)c1ccc(-c2noc(C(F)(F)F)n2)cc1. The monoisotopic (exact) mass is 357 g/mol. The number of nitrogens with zero attached hydrogens (tertiary/aromatic N) is 3. The second kappa shape index (κ2) is 7.32. The summed E-state index contributed by atoms with van der Waals surface area (Å²) in [4.78, 5) is 27.5. The Kier molecular flexibility index (Phi) is 5.40. The van der Waals surface area contributed by atoms with E-state index < -0.39 is 18.0 Å². The Morgan fingerprint density at radius 1 is 1.24 bits per heavy atom. The smallest absolute Gasteiger partial charge is 0.471 e. The number of aliphatic carboxylic acids is 1. The van der Waals surface area contributed by atoms with Gasteiger partial charge in [0, 0.05) is 24.2 Å². The van der Waals surface area contributed by atoms with Crippen molar-refractivity contribution in [2.45, 2.75) is 19.5 Å². The summed E-state index contributed by atoms with van der Waals surface area (Å²) in [5.41, 5.74) is 0.528. The summed E-state index contributed by atoms with van der Waals surface area (Å²) in [6.07, 6.45) is -4.91. The Morgan fingerprint density at radius 3 is 2.36 bits per heavy atom. The average molecular weight is 357 g/mol. The summed E-state index contributed by atoms with van der Waals surface area (Å²) < 4.78 is 41.5. The lowest BCUT2D eigenvalue weighted by atomic mass is 10.1. The molecule has 0 radical (unpaired) electrons. The fourth-order valence-electron chi connectivity index (χ4n) is 2.03. The van der Waals surface area contributed by atoms with Crippen molar-refractivity contribution in [3.8, 4) is 11.4 Å². The van der Waals surface area contributed by atoms with Crippen LogP contribution in [0.3, 0.4) is 0 Å². The van der Waals surface area contributed by atoms with Crippen LogP contribution in [0.15, 0.2) is 28.8 Å². The number of hydrogen-bond donors (Lipinski definition) is 1. The van der Waals surface area contributed by atoms with Crippen LogP contribution in [0.25, 0.3) is 11.4 Å². The molecule has 1 aromatic heterocycles. The van der Waals surface area contributed by atoms with Gasteiger partial charge in [-0.1, -0.05) is 17.3 Å². The first-order valence-corrected chi connectivity index (χ1v) is 7.24. The van der Waals surface area contributed by atoms with Crippen molar-refractivity contribution in [3.05, 3.63) is 35.7 Å². The maximum atomic E-state index is 12.5. The normalized spacial score (nSPS) is 11.4. The molecular formula is C15H14F3N3O4. The highest BCUT2D eigenvalue weighted by molar-refractivity contribution is 5.94. The molecule has 2 aromatic rings. The minimum absolute atomic E-state index is 0.0617. The van der Waals surface area contributed by atoms with Crippen LogP contribution in [-0.2, 0) is 11.0 Å². The molecule has 0 saturated carbocycles. The van der Waals surface area contributed by atoms with Crippen molar-refractivity contribution in [2.75, 3.05) is 13.1 Å². The van der Waals surface area contributed by atoms with Gasteiger partial charge >= 0.3 is 18.0 Å². The van der Waals surface area contributed by atoms with E-state index in [0.717, 1.165) is 0 Å². The highest BCUT2D eigenvalue weighted by Gasteiger charge is 2.38. The molecule has 7 nitrogen and oxygen atoms in total. The Hall–Kier alpha value is -2.91. The summed E-state index contributed by atoms with van der Waals surface area (Å²) >= 11 is 0. The van der Waals surface area contributed by atoms with Gasteiger partial charge in [0.05, 0.1) is 6.42 Å². The van der Waals surface area contributed by atoms with Crippen molar-refractivity contribution in [1.29, 1.82) is 0 Å². The largest absolute Gasteiger partial charge is 0.481 e. The van der Waals surface area contributed by atoms with E-state index in [4.69, 9.17) is 5.11 Å². The van der Waals surface area contributed by atoms with Crippen LogP contribution in [0.1, 0.15) is 29.6 Å². The number of carbonyl (C=O) groups excluding carboxylic acids is 1. The molecule has 0 aliphatic rings. The van der Waals surface area contributed by atoms with Gasteiger partial charge in [-0.3, -0.25) is 9.59 Å². The number of rotatable bonds is 6. The number of amides is 1. The molecule has 134 valence electrons. The number of hydrogen-bond acceptors (Lipinski definition) is 5. The number of halogens is 3. The second-order valence-corrected chi connectivity index (χ2v) is 5.03. The summed E-state index contributed by atoms with van der Waals surface area (Å²) in [7, 11) is 0. The molecule has 1 N–H and O–H groups in total. The quantitative estimate of drug-likeness (QED) is 0.854. The van der Waals surface area contributed by atoms with Crippen LogP contribution in [0.2, 0.25) is 0 Å². The van der Waals surface area contributed by atoms with Gasteiger partial charge in [0.2, 0.25) is 5.82 Å². The maximum Gasteiger partial charge on any atom is 0.471 e. The highest BCUT2D eigenvalue weighted by Crippen LogP contribution is 2.29.